The van der Waals surface area contributed by atoms with Gasteiger partial charge in [-0.3, -0.25) is 4.79 Å². The van der Waals surface area contributed by atoms with Crippen LogP contribution in [0.4, 0.5) is 0 Å². The van der Waals surface area contributed by atoms with Crippen molar-refractivity contribution in [1.29, 1.82) is 0 Å². The fourth-order valence-corrected chi connectivity index (χ4v) is 1.74. The minimum absolute atomic E-state index is 0.125. The largest absolute Gasteiger partial charge is 0.506 e. The molecule has 1 aromatic carbocycles. The van der Waals surface area contributed by atoms with E-state index in [9.17, 15) is 9.90 Å². The highest BCUT2D eigenvalue weighted by atomic mass is 79.9. The summed E-state index contributed by atoms with van der Waals surface area (Å²) >= 11 is 3.21. The van der Waals surface area contributed by atoms with Crippen LogP contribution in [0.25, 0.3) is 0 Å². The second-order valence-electron chi connectivity index (χ2n) is 3.40. The Labute approximate surface area is 103 Å². The van der Waals surface area contributed by atoms with E-state index in [1.807, 2.05) is 0 Å². The molecule has 0 saturated carbocycles. The smallest absolute Gasteiger partial charge is 0.305 e. The second kappa shape index (κ2) is 5.86. The number of esters is 1. The summed E-state index contributed by atoms with van der Waals surface area (Å²) in [4.78, 5) is 10.9. The van der Waals surface area contributed by atoms with Gasteiger partial charge in [0.1, 0.15) is 5.75 Å². The lowest BCUT2D eigenvalue weighted by Gasteiger charge is -2.13. The normalized spacial score (nSPS) is 12.2. The number of aromatic hydroxyl groups is 1. The standard InChI is InChI=1S/C11H14BrNO3/c1-16-10(14)6-5-9(13)7-3-2-4-8(12)11(7)15/h2-4,9,15H,5-6,13H2,1H3. The van der Waals surface area contributed by atoms with Gasteiger partial charge in [0.25, 0.3) is 0 Å². The van der Waals surface area contributed by atoms with Crippen LogP contribution in [0.2, 0.25) is 0 Å². The van der Waals surface area contributed by atoms with Crippen molar-refractivity contribution >= 4 is 21.9 Å². The molecule has 1 aromatic rings. The molecular weight excluding hydrogens is 274 g/mol. The monoisotopic (exact) mass is 287 g/mol. The van der Waals surface area contributed by atoms with Gasteiger partial charge in [0.15, 0.2) is 0 Å². The van der Waals surface area contributed by atoms with Gasteiger partial charge in [-0.1, -0.05) is 12.1 Å². The lowest BCUT2D eigenvalue weighted by atomic mass is 10.0. The van der Waals surface area contributed by atoms with E-state index in [-0.39, 0.29) is 24.2 Å². The molecule has 1 unspecified atom stereocenters. The Kier molecular flexibility index (Phi) is 4.76. The number of carbonyl (C=O) groups excluding carboxylic acids is 1. The van der Waals surface area contributed by atoms with Crippen LogP contribution < -0.4 is 5.73 Å². The van der Waals surface area contributed by atoms with Crippen molar-refractivity contribution in [3.05, 3.63) is 28.2 Å². The van der Waals surface area contributed by atoms with Gasteiger partial charge in [0.05, 0.1) is 11.6 Å². The Morgan fingerprint density at radius 2 is 2.31 bits per heavy atom. The lowest BCUT2D eigenvalue weighted by molar-refractivity contribution is -0.140. The molecule has 0 bridgehead atoms. The van der Waals surface area contributed by atoms with Crippen LogP contribution in [-0.4, -0.2) is 18.2 Å². The van der Waals surface area contributed by atoms with Crippen molar-refractivity contribution in [3.63, 3.8) is 0 Å². The maximum atomic E-state index is 10.9. The van der Waals surface area contributed by atoms with Gasteiger partial charge in [-0.05, 0) is 28.4 Å². The SMILES string of the molecule is COC(=O)CCC(N)c1cccc(Br)c1O. The Bertz CT molecular complexity index is 381. The van der Waals surface area contributed by atoms with Crippen LogP contribution >= 0.6 is 15.9 Å². The van der Waals surface area contributed by atoms with Crippen LogP contribution in [0.1, 0.15) is 24.4 Å². The van der Waals surface area contributed by atoms with Crippen LogP contribution in [0, 0.1) is 0 Å². The number of phenolic OH excluding ortho intramolecular Hbond substituents is 1. The molecular formula is C11H14BrNO3. The fraction of sp³-hybridized carbons (Fsp3) is 0.364. The van der Waals surface area contributed by atoms with Crippen molar-refractivity contribution in [2.75, 3.05) is 7.11 Å². The first kappa shape index (κ1) is 13.0. The molecule has 1 rings (SSSR count). The first-order chi connectivity index (χ1) is 7.56. The third kappa shape index (κ3) is 3.21. The van der Waals surface area contributed by atoms with Crippen molar-refractivity contribution in [2.24, 2.45) is 5.73 Å². The Balaban J connectivity index is 2.69. The van der Waals surface area contributed by atoms with Gasteiger partial charge in [0.2, 0.25) is 0 Å². The van der Waals surface area contributed by atoms with Gasteiger partial charge in [-0.2, -0.15) is 0 Å². The molecule has 0 saturated heterocycles. The number of para-hydroxylation sites is 1. The molecule has 0 aliphatic heterocycles. The number of rotatable bonds is 4. The zero-order valence-corrected chi connectivity index (χ0v) is 10.5. The van der Waals surface area contributed by atoms with Crippen molar-refractivity contribution in [2.45, 2.75) is 18.9 Å². The van der Waals surface area contributed by atoms with Crippen molar-refractivity contribution in [3.8, 4) is 5.75 Å². The van der Waals surface area contributed by atoms with Gasteiger partial charge < -0.3 is 15.6 Å². The van der Waals surface area contributed by atoms with E-state index in [0.29, 0.717) is 16.5 Å². The fourth-order valence-electron chi connectivity index (χ4n) is 1.36. The average Bonchev–Trinajstić information content (AvgIpc) is 2.29. The first-order valence-electron chi connectivity index (χ1n) is 4.86. The highest BCUT2D eigenvalue weighted by Gasteiger charge is 2.14. The Morgan fingerprint density at radius 1 is 1.62 bits per heavy atom. The summed E-state index contributed by atoms with van der Waals surface area (Å²) in [7, 11) is 1.34. The highest BCUT2D eigenvalue weighted by molar-refractivity contribution is 9.10. The molecule has 4 nitrogen and oxygen atoms in total. The summed E-state index contributed by atoms with van der Waals surface area (Å²) < 4.78 is 5.12. The number of nitrogens with two attached hydrogens (primary N) is 1. The van der Waals surface area contributed by atoms with Crippen LogP contribution in [-0.2, 0) is 9.53 Å². The third-order valence-electron chi connectivity index (χ3n) is 2.30. The molecule has 0 heterocycles. The van der Waals surface area contributed by atoms with Crippen molar-refractivity contribution < 1.29 is 14.6 Å². The molecule has 3 N–H and O–H groups in total. The summed E-state index contributed by atoms with van der Waals surface area (Å²) in [5.41, 5.74) is 6.50. The number of hydrogen-bond donors (Lipinski definition) is 2. The number of phenols is 1. The quantitative estimate of drug-likeness (QED) is 0.832. The zero-order valence-electron chi connectivity index (χ0n) is 8.94. The van der Waals surface area contributed by atoms with E-state index >= 15 is 0 Å². The van der Waals surface area contributed by atoms with E-state index < -0.39 is 0 Å². The predicted octanol–water partition coefficient (Wildman–Crippen LogP) is 2.11. The number of halogens is 1. The molecule has 0 radical (unpaired) electrons. The maximum absolute atomic E-state index is 10.9. The van der Waals surface area contributed by atoms with E-state index in [1.54, 1.807) is 18.2 Å². The van der Waals surface area contributed by atoms with Gasteiger partial charge in [-0.15, -0.1) is 0 Å². The molecule has 0 fully saturated rings. The molecule has 0 spiro atoms. The Hall–Kier alpha value is -1.07. The zero-order chi connectivity index (χ0) is 12.1. The third-order valence-corrected chi connectivity index (χ3v) is 2.94. The molecule has 5 heteroatoms. The molecule has 0 aliphatic rings. The maximum Gasteiger partial charge on any atom is 0.305 e. The number of methoxy groups -OCH3 is 1. The minimum atomic E-state index is -0.378. The first-order valence-corrected chi connectivity index (χ1v) is 5.65. The summed E-state index contributed by atoms with van der Waals surface area (Å²) in [5.74, 6) is -0.176. The molecule has 0 amide bonds. The molecule has 1 atom stereocenters. The van der Waals surface area contributed by atoms with Crippen LogP contribution in [0.5, 0.6) is 5.75 Å². The lowest BCUT2D eigenvalue weighted by Crippen LogP contribution is -2.13. The van der Waals surface area contributed by atoms with Gasteiger partial charge >= 0.3 is 5.97 Å². The van der Waals surface area contributed by atoms with E-state index in [2.05, 4.69) is 20.7 Å². The predicted molar refractivity (Wildman–Crippen MR) is 64.0 cm³/mol. The number of carbonyl (C=O) groups is 1. The second-order valence-corrected chi connectivity index (χ2v) is 4.25. The molecule has 0 aliphatic carbocycles. The van der Waals surface area contributed by atoms with E-state index in [4.69, 9.17) is 5.73 Å². The molecule has 88 valence electrons. The van der Waals surface area contributed by atoms with Crippen LogP contribution in [0.3, 0.4) is 0 Å². The summed E-state index contributed by atoms with van der Waals surface area (Å²) in [6.45, 7) is 0. The minimum Gasteiger partial charge on any atom is -0.506 e. The average molecular weight is 288 g/mol. The summed E-state index contributed by atoms with van der Waals surface area (Å²) in [6.07, 6.45) is 0.681. The Morgan fingerprint density at radius 3 is 2.94 bits per heavy atom. The molecule has 0 aromatic heterocycles. The van der Waals surface area contributed by atoms with Gasteiger partial charge in [0, 0.05) is 18.0 Å². The number of benzene rings is 1. The van der Waals surface area contributed by atoms with E-state index in [1.165, 1.54) is 7.11 Å². The number of ether oxygens (including phenoxy) is 1. The van der Waals surface area contributed by atoms with Crippen molar-refractivity contribution in [1.82, 2.24) is 0 Å². The summed E-state index contributed by atoms with van der Waals surface area (Å²) in [5, 5.41) is 9.75. The highest BCUT2D eigenvalue weighted by Crippen LogP contribution is 2.32. The number of hydrogen-bond acceptors (Lipinski definition) is 4. The van der Waals surface area contributed by atoms with Gasteiger partial charge in [-0.25, -0.2) is 0 Å². The molecule has 16 heavy (non-hydrogen) atoms. The topological polar surface area (TPSA) is 72.5 Å². The summed E-state index contributed by atoms with van der Waals surface area (Å²) in [6, 6.07) is 4.88. The van der Waals surface area contributed by atoms with Crippen LogP contribution in [0.15, 0.2) is 22.7 Å². The van der Waals surface area contributed by atoms with E-state index in [0.717, 1.165) is 0 Å².